The minimum Gasteiger partial charge on any atom is -0.387 e. The molecule has 0 spiro atoms. The van der Waals surface area contributed by atoms with Gasteiger partial charge in [-0.25, -0.2) is 0 Å². The van der Waals surface area contributed by atoms with Gasteiger partial charge in [-0.1, -0.05) is 26.2 Å². The lowest BCUT2D eigenvalue weighted by Crippen LogP contribution is -2.47. The van der Waals surface area contributed by atoms with Gasteiger partial charge in [0, 0.05) is 0 Å². The molecule has 0 aliphatic carbocycles. The summed E-state index contributed by atoms with van der Waals surface area (Å²) in [5.41, 5.74) is -1.96. The first-order chi connectivity index (χ1) is 5.31. The van der Waals surface area contributed by atoms with Gasteiger partial charge in [0.05, 0.1) is 11.2 Å². The summed E-state index contributed by atoms with van der Waals surface area (Å²) in [6, 6.07) is 0. The van der Waals surface area contributed by atoms with Gasteiger partial charge in [0.15, 0.2) is 0 Å². The Bertz CT molecular complexity index is 122. The van der Waals surface area contributed by atoms with Crippen LogP contribution < -0.4 is 0 Å². The molecule has 0 amide bonds. The Kier molecular flexibility index (Phi) is 4.21. The molecule has 74 valence electrons. The Morgan fingerprint density at radius 1 is 1.00 bits per heavy atom. The maximum Gasteiger partial charge on any atom is 0.0900 e. The van der Waals surface area contributed by atoms with Crippen LogP contribution in [0.5, 0.6) is 0 Å². The smallest absolute Gasteiger partial charge is 0.0900 e. The second kappa shape index (κ2) is 4.24. The van der Waals surface area contributed by atoms with E-state index >= 15 is 0 Å². The van der Waals surface area contributed by atoms with E-state index in [1.54, 1.807) is 20.8 Å². The van der Waals surface area contributed by atoms with Crippen molar-refractivity contribution in [1.29, 1.82) is 0 Å². The Labute approximate surface area is 75.6 Å². The van der Waals surface area contributed by atoms with Crippen LogP contribution in [0.4, 0.5) is 0 Å². The van der Waals surface area contributed by atoms with E-state index in [1.165, 1.54) is 0 Å². The predicted octanol–water partition coefficient (Wildman–Crippen LogP) is 2.09. The minimum atomic E-state index is -0.999. The fourth-order valence-electron chi connectivity index (χ4n) is 1.03. The largest absolute Gasteiger partial charge is 0.387 e. The number of aliphatic hydroxyl groups is 2. The van der Waals surface area contributed by atoms with E-state index in [0.717, 1.165) is 19.3 Å². The van der Waals surface area contributed by atoms with Crippen molar-refractivity contribution in [2.45, 2.75) is 64.6 Å². The van der Waals surface area contributed by atoms with Crippen LogP contribution in [-0.4, -0.2) is 21.4 Å². The SMILES string of the molecule is CCCCC[C@](C)(O)C(C)(C)O. The van der Waals surface area contributed by atoms with Gasteiger partial charge in [0.1, 0.15) is 0 Å². The maximum atomic E-state index is 9.83. The van der Waals surface area contributed by atoms with Crippen LogP contribution in [0.25, 0.3) is 0 Å². The molecule has 2 heteroatoms. The molecule has 0 aromatic rings. The summed E-state index contributed by atoms with van der Waals surface area (Å²) in [5.74, 6) is 0. The summed E-state index contributed by atoms with van der Waals surface area (Å²) in [6.45, 7) is 7.12. The molecule has 0 rings (SSSR count). The summed E-state index contributed by atoms with van der Waals surface area (Å²) in [4.78, 5) is 0. The van der Waals surface area contributed by atoms with Crippen LogP contribution in [0, 0.1) is 0 Å². The van der Waals surface area contributed by atoms with Gasteiger partial charge in [-0.2, -0.15) is 0 Å². The first-order valence-corrected chi connectivity index (χ1v) is 4.76. The number of hydrogen-bond donors (Lipinski definition) is 2. The number of hydrogen-bond acceptors (Lipinski definition) is 2. The van der Waals surface area contributed by atoms with E-state index in [0.29, 0.717) is 6.42 Å². The predicted molar refractivity (Wildman–Crippen MR) is 51.1 cm³/mol. The van der Waals surface area contributed by atoms with Crippen LogP contribution in [0.1, 0.15) is 53.4 Å². The Morgan fingerprint density at radius 3 is 1.83 bits per heavy atom. The van der Waals surface area contributed by atoms with Crippen molar-refractivity contribution < 1.29 is 10.2 Å². The summed E-state index contributed by atoms with van der Waals surface area (Å²) >= 11 is 0. The fourth-order valence-corrected chi connectivity index (χ4v) is 1.03. The van der Waals surface area contributed by atoms with E-state index < -0.39 is 11.2 Å². The average molecular weight is 174 g/mol. The summed E-state index contributed by atoms with van der Waals surface area (Å²) in [7, 11) is 0. The zero-order valence-corrected chi connectivity index (χ0v) is 8.72. The summed E-state index contributed by atoms with van der Waals surface area (Å²) < 4.78 is 0. The molecule has 0 saturated heterocycles. The third-order valence-corrected chi connectivity index (χ3v) is 2.59. The van der Waals surface area contributed by atoms with Gasteiger partial charge in [0.25, 0.3) is 0 Å². The Balaban J connectivity index is 3.88. The average Bonchev–Trinajstić information content (AvgIpc) is 1.85. The second-order valence-corrected chi connectivity index (χ2v) is 4.29. The Hall–Kier alpha value is -0.0800. The van der Waals surface area contributed by atoms with Gasteiger partial charge in [0.2, 0.25) is 0 Å². The zero-order chi connectivity index (χ0) is 9.83. The molecule has 0 aliphatic rings. The lowest BCUT2D eigenvalue weighted by Gasteiger charge is -2.35. The molecule has 0 saturated carbocycles. The molecule has 0 aromatic heterocycles. The van der Waals surface area contributed by atoms with E-state index in [-0.39, 0.29) is 0 Å². The van der Waals surface area contributed by atoms with Crippen LogP contribution in [0.15, 0.2) is 0 Å². The summed E-state index contributed by atoms with van der Waals surface area (Å²) in [6.07, 6.45) is 3.91. The summed E-state index contributed by atoms with van der Waals surface area (Å²) in [5, 5.41) is 19.4. The van der Waals surface area contributed by atoms with Crippen LogP contribution in [-0.2, 0) is 0 Å². The maximum absolute atomic E-state index is 9.83. The minimum absolute atomic E-state index is 0.671. The van der Waals surface area contributed by atoms with Crippen molar-refractivity contribution in [3.05, 3.63) is 0 Å². The van der Waals surface area contributed by atoms with Gasteiger partial charge >= 0.3 is 0 Å². The molecule has 1 atom stereocenters. The quantitative estimate of drug-likeness (QED) is 0.626. The topological polar surface area (TPSA) is 40.5 Å². The van der Waals surface area contributed by atoms with Crippen LogP contribution in [0.2, 0.25) is 0 Å². The fraction of sp³-hybridized carbons (Fsp3) is 1.00. The van der Waals surface area contributed by atoms with Gasteiger partial charge in [-0.05, 0) is 27.2 Å². The van der Waals surface area contributed by atoms with E-state index in [4.69, 9.17) is 0 Å². The van der Waals surface area contributed by atoms with Crippen molar-refractivity contribution in [2.24, 2.45) is 0 Å². The highest BCUT2D eigenvalue weighted by Gasteiger charge is 2.36. The first-order valence-electron chi connectivity index (χ1n) is 4.76. The van der Waals surface area contributed by atoms with Crippen LogP contribution >= 0.6 is 0 Å². The Morgan fingerprint density at radius 2 is 1.50 bits per heavy atom. The molecule has 0 heterocycles. The van der Waals surface area contributed by atoms with Gasteiger partial charge in [-0.3, -0.25) is 0 Å². The van der Waals surface area contributed by atoms with Crippen molar-refractivity contribution in [1.82, 2.24) is 0 Å². The molecule has 12 heavy (non-hydrogen) atoms. The molecule has 2 N–H and O–H groups in total. The zero-order valence-electron chi connectivity index (χ0n) is 8.72. The number of unbranched alkanes of at least 4 members (excludes halogenated alkanes) is 2. The third-order valence-electron chi connectivity index (χ3n) is 2.59. The van der Waals surface area contributed by atoms with Gasteiger partial charge in [-0.15, -0.1) is 0 Å². The van der Waals surface area contributed by atoms with E-state index in [9.17, 15) is 10.2 Å². The lowest BCUT2D eigenvalue weighted by atomic mass is 9.83. The molecule has 0 radical (unpaired) electrons. The lowest BCUT2D eigenvalue weighted by molar-refractivity contribution is -0.124. The molecule has 0 fully saturated rings. The highest BCUT2D eigenvalue weighted by molar-refractivity contribution is 4.89. The van der Waals surface area contributed by atoms with Crippen molar-refractivity contribution in [3.8, 4) is 0 Å². The molecule has 2 nitrogen and oxygen atoms in total. The molecule has 0 unspecified atom stereocenters. The van der Waals surface area contributed by atoms with Crippen LogP contribution in [0.3, 0.4) is 0 Å². The first kappa shape index (κ1) is 11.9. The molecule has 0 bridgehead atoms. The number of rotatable bonds is 5. The molecular formula is C10H22O2. The third kappa shape index (κ3) is 3.55. The standard InChI is InChI=1S/C10H22O2/c1-5-6-7-8-10(4,12)9(2,3)11/h11-12H,5-8H2,1-4H3/t10-/m0/s1. The van der Waals surface area contributed by atoms with Crippen molar-refractivity contribution >= 4 is 0 Å². The van der Waals surface area contributed by atoms with E-state index in [1.807, 2.05) is 0 Å². The van der Waals surface area contributed by atoms with Crippen molar-refractivity contribution in [2.75, 3.05) is 0 Å². The molecule has 0 aromatic carbocycles. The highest BCUT2D eigenvalue weighted by Crippen LogP contribution is 2.26. The van der Waals surface area contributed by atoms with Gasteiger partial charge < -0.3 is 10.2 Å². The van der Waals surface area contributed by atoms with Crippen molar-refractivity contribution in [3.63, 3.8) is 0 Å². The molecular weight excluding hydrogens is 152 g/mol. The normalized spacial score (nSPS) is 17.5. The molecule has 0 aliphatic heterocycles. The highest BCUT2D eigenvalue weighted by atomic mass is 16.3. The second-order valence-electron chi connectivity index (χ2n) is 4.29. The van der Waals surface area contributed by atoms with E-state index in [2.05, 4.69) is 6.92 Å². The monoisotopic (exact) mass is 174 g/mol.